The summed E-state index contributed by atoms with van der Waals surface area (Å²) in [4.78, 5) is 4.29. The number of imidazole rings is 1. The first-order chi connectivity index (χ1) is 11.6. The van der Waals surface area contributed by atoms with Gasteiger partial charge in [0.15, 0.2) is 6.54 Å². The zero-order valence-corrected chi connectivity index (χ0v) is 13.6. The van der Waals surface area contributed by atoms with E-state index in [2.05, 4.69) is 4.98 Å². The lowest BCUT2D eigenvalue weighted by Crippen LogP contribution is -2.18. The maximum absolute atomic E-state index is 14.4. The van der Waals surface area contributed by atoms with E-state index in [4.69, 9.17) is 11.6 Å². The van der Waals surface area contributed by atoms with E-state index in [1.807, 2.05) is 17.6 Å². The number of aromatic nitrogens is 2. The molecule has 0 unspecified atom stereocenters. The van der Waals surface area contributed by atoms with Crippen LogP contribution >= 0.6 is 11.6 Å². The number of nitrogens with zero attached hydrogens (tertiary/aromatic N) is 3. The molecule has 0 radical (unpaired) electrons. The van der Waals surface area contributed by atoms with Crippen LogP contribution in [-0.4, -0.2) is 20.0 Å². The summed E-state index contributed by atoms with van der Waals surface area (Å²) in [5.74, 6) is 0.317. The number of aryl methyl sites for hydroxylation is 1. The lowest BCUT2D eigenvalue weighted by molar-refractivity contribution is -0.474. The molecule has 4 nitrogen and oxygen atoms in total. The second-order valence-electron chi connectivity index (χ2n) is 5.66. The van der Waals surface area contributed by atoms with Crippen molar-refractivity contribution < 1.29 is 9.13 Å². The third kappa shape index (κ3) is 2.20. The molecule has 0 atom stereocenters. The predicted octanol–water partition coefficient (Wildman–Crippen LogP) is 3.83. The van der Waals surface area contributed by atoms with Crippen LogP contribution in [0.3, 0.4) is 0 Å². The van der Waals surface area contributed by atoms with Gasteiger partial charge in [0.1, 0.15) is 17.3 Å². The molecule has 0 spiro atoms. The number of hydroxylamine groups is 1. The minimum atomic E-state index is -0.444. The topological polar surface area (TPSA) is 43.9 Å². The molecule has 4 rings (SSSR count). The molecule has 0 aliphatic carbocycles. The summed E-state index contributed by atoms with van der Waals surface area (Å²) in [6.45, 7) is 1.95. The van der Waals surface area contributed by atoms with Crippen LogP contribution in [0.15, 0.2) is 48.7 Å². The molecule has 2 heterocycles. The summed E-state index contributed by atoms with van der Waals surface area (Å²) in [6.07, 6.45) is 1.67. The fourth-order valence-electron chi connectivity index (χ4n) is 3.12. The van der Waals surface area contributed by atoms with Crippen molar-refractivity contribution in [3.63, 3.8) is 0 Å². The highest BCUT2D eigenvalue weighted by atomic mass is 35.5. The minimum Gasteiger partial charge on any atom is -0.623 e. The van der Waals surface area contributed by atoms with Gasteiger partial charge in [-0.3, -0.25) is 4.57 Å². The Morgan fingerprint density at radius 1 is 1.21 bits per heavy atom. The Hall–Kier alpha value is -2.66. The van der Waals surface area contributed by atoms with Gasteiger partial charge in [-0.1, -0.05) is 23.7 Å². The lowest BCUT2D eigenvalue weighted by Gasteiger charge is -2.12. The maximum Gasteiger partial charge on any atom is 0.231 e. The first kappa shape index (κ1) is 14.9. The van der Waals surface area contributed by atoms with Crippen molar-refractivity contribution in [2.24, 2.45) is 0 Å². The van der Waals surface area contributed by atoms with Crippen molar-refractivity contribution >= 4 is 17.3 Å². The normalized spacial score (nSPS) is 13.5. The molecule has 24 heavy (non-hydrogen) atoms. The standard InChI is InChI=1S/C18H13ClFN3O/c1-11-21-9-13-10-22(24)18(14-4-2-3-5-16(14)20)15-8-12(19)6-7-17(15)23(11)13/h2-9H,10H2,1H3. The monoisotopic (exact) mass is 341 g/mol. The average Bonchev–Trinajstić information content (AvgIpc) is 2.85. The van der Waals surface area contributed by atoms with Gasteiger partial charge in [0.25, 0.3) is 0 Å². The van der Waals surface area contributed by atoms with Crippen LogP contribution in [-0.2, 0) is 6.54 Å². The van der Waals surface area contributed by atoms with Gasteiger partial charge in [-0.15, -0.1) is 0 Å². The summed E-state index contributed by atoms with van der Waals surface area (Å²) < 4.78 is 17.1. The third-order valence-corrected chi connectivity index (χ3v) is 4.38. The maximum atomic E-state index is 14.4. The molecule has 1 aromatic heterocycles. The van der Waals surface area contributed by atoms with Crippen LogP contribution in [0.25, 0.3) is 5.69 Å². The smallest absolute Gasteiger partial charge is 0.231 e. The Bertz CT molecular complexity index is 994. The second kappa shape index (κ2) is 5.46. The summed E-state index contributed by atoms with van der Waals surface area (Å²) >= 11 is 6.16. The molecule has 1 aliphatic heterocycles. The summed E-state index contributed by atoms with van der Waals surface area (Å²) in [6, 6.07) is 11.5. The minimum absolute atomic E-state index is 0.0802. The fourth-order valence-corrected chi connectivity index (χ4v) is 3.29. The van der Waals surface area contributed by atoms with E-state index in [1.165, 1.54) is 6.07 Å². The number of halogens is 2. The number of fused-ring (bicyclic) bond motifs is 3. The van der Waals surface area contributed by atoms with Gasteiger partial charge in [0, 0.05) is 5.02 Å². The molecule has 2 aromatic carbocycles. The fraction of sp³-hybridized carbons (Fsp3) is 0.111. The summed E-state index contributed by atoms with van der Waals surface area (Å²) in [7, 11) is 0. The molecule has 0 saturated heterocycles. The summed E-state index contributed by atoms with van der Waals surface area (Å²) in [5, 5.41) is 13.3. The molecule has 0 amide bonds. The van der Waals surface area contributed by atoms with Gasteiger partial charge in [-0.25, -0.2) is 9.37 Å². The van der Waals surface area contributed by atoms with Crippen molar-refractivity contribution in [2.45, 2.75) is 13.5 Å². The van der Waals surface area contributed by atoms with E-state index in [9.17, 15) is 9.60 Å². The molecule has 0 saturated carbocycles. The number of hydrogen-bond donors (Lipinski definition) is 0. The summed E-state index contributed by atoms with van der Waals surface area (Å²) in [5.41, 5.74) is 2.63. The van der Waals surface area contributed by atoms with E-state index in [0.29, 0.717) is 10.6 Å². The molecular formula is C18H13ClFN3O. The first-order valence-corrected chi connectivity index (χ1v) is 7.84. The number of hydrogen-bond acceptors (Lipinski definition) is 2. The Labute approximate surface area is 143 Å². The van der Waals surface area contributed by atoms with Crippen molar-refractivity contribution in [3.05, 3.63) is 87.4 Å². The van der Waals surface area contributed by atoms with Crippen LogP contribution in [0.2, 0.25) is 5.02 Å². The Morgan fingerprint density at radius 3 is 2.79 bits per heavy atom. The van der Waals surface area contributed by atoms with Crippen LogP contribution in [0.5, 0.6) is 0 Å². The van der Waals surface area contributed by atoms with E-state index in [1.54, 1.807) is 36.5 Å². The molecule has 0 bridgehead atoms. The van der Waals surface area contributed by atoms with Gasteiger partial charge < -0.3 is 5.21 Å². The first-order valence-electron chi connectivity index (χ1n) is 7.46. The van der Waals surface area contributed by atoms with Crippen molar-refractivity contribution in [3.8, 4) is 5.69 Å². The quantitative estimate of drug-likeness (QED) is 0.498. The lowest BCUT2D eigenvalue weighted by atomic mass is 10.00. The highest BCUT2D eigenvalue weighted by molar-refractivity contribution is 6.31. The van der Waals surface area contributed by atoms with Crippen LogP contribution < -0.4 is 0 Å². The van der Waals surface area contributed by atoms with Crippen molar-refractivity contribution in [1.29, 1.82) is 0 Å². The molecule has 6 heteroatoms. The Kier molecular flexibility index (Phi) is 3.39. The van der Waals surface area contributed by atoms with Gasteiger partial charge in [0.05, 0.1) is 23.0 Å². The average molecular weight is 342 g/mol. The highest BCUT2D eigenvalue weighted by Crippen LogP contribution is 2.29. The van der Waals surface area contributed by atoms with Crippen molar-refractivity contribution in [1.82, 2.24) is 9.55 Å². The zero-order valence-electron chi connectivity index (χ0n) is 12.8. The largest absolute Gasteiger partial charge is 0.623 e. The third-order valence-electron chi connectivity index (χ3n) is 4.15. The molecule has 1 aliphatic rings. The molecule has 0 N–H and O–H groups in total. The van der Waals surface area contributed by atoms with E-state index < -0.39 is 5.82 Å². The van der Waals surface area contributed by atoms with Crippen LogP contribution in [0, 0.1) is 17.9 Å². The Balaban J connectivity index is 2.09. The second-order valence-corrected chi connectivity index (χ2v) is 6.10. The van der Waals surface area contributed by atoms with Crippen LogP contribution in [0.4, 0.5) is 4.39 Å². The van der Waals surface area contributed by atoms with Gasteiger partial charge in [-0.05, 0) is 37.3 Å². The van der Waals surface area contributed by atoms with E-state index >= 15 is 0 Å². The molecule has 0 fully saturated rings. The number of benzene rings is 2. The number of rotatable bonds is 1. The SMILES string of the molecule is Cc1ncc2n1-c1ccc(Cl)cc1C(c1ccccc1F)=[N+]([O-])C2. The van der Waals surface area contributed by atoms with Gasteiger partial charge >= 0.3 is 0 Å². The van der Waals surface area contributed by atoms with E-state index in [0.717, 1.165) is 21.9 Å². The zero-order chi connectivity index (χ0) is 16.8. The molecular weight excluding hydrogens is 329 g/mol. The van der Waals surface area contributed by atoms with Crippen LogP contribution in [0.1, 0.15) is 22.6 Å². The predicted molar refractivity (Wildman–Crippen MR) is 90.3 cm³/mol. The van der Waals surface area contributed by atoms with Crippen molar-refractivity contribution in [2.75, 3.05) is 0 Å². The van der Waals surface area contributed by atoms with Gasteiger partial charge in [0.2, 0.25) is 5.71 Å². The molecule has 3 aromatic rings. The highest BCUT2D eigenvalue weighted by Gasteiger charge is 2.29. The Morgan fingerprint density at radius 2 is 2.00 bits per heavy atom. The van der Waals surface area contributed by atoms with E-state index in [-0.39, 0.29) is 17.8 Å². The molecule has 120 valence electrons. The van der Waals surface area contributed by atoms with Gasteiger partial charge in [-0.2, -0.15) is 4.74 Å².